The Balaban J connectivity index is 2.65. The van der Waals surface area contributed by atoms with Gasteiger partial charge in [0.15, 0.2) is 0 Å². The largest absolute Gasteiger partial charge is 0.0875 e. The number of hydrogen-bond donors (Lipinski definition) is 0. The fourth-order valence-corrected chi connectivity index (χ4v) is 3.22. The van der Waals surface area contributed by atoms with Crippen LogP contribution < -0.4 is 5.30 Å². The van der Waals surface area contributed by atoms with Crippen LogP contribution in [0.1, 0.15) is 53.0 Å². The minimum absolute atomic E-state index is 0.274. The van der Waals surface area contributed by atoms with Crippen LogP contribution in [-0.2, 0) is 5.41 Å². The van der Waals surface area contributed by atoms with Crippen LogP contribution in [0.15, 0.2) is 24.3 Å². The molecular weight excluding hydrogens is 211 g/mol. The highest BCUT2D eigenvalue weighted by Crippen LogP contribution is 2.25. The van der Waals surface area contributed by atoms with Crippen molar-refractivity contribution in [1.29, 1.82) is 0 Å². The number of rotatable bonds is 4. The van der Waals surface area contributed by atoms with Crippen molar-refractivity contribution in [1.82, 2.24) is 0 Å². The number of hydrogen-bond acceptors (Lipinski definition) is 0. The molecule has 0 aliphatic heterocycles. The van der Waals surface area contributed by atoms with Crippen LogP contribution in [0, 0.1) is 0 Å². The van der Waals surface area contributed by atoms with Crippen LogP contribution >= 0.6 is 8.58 Å². The van der Waals surface area contributed by atoms with Gasteiger partial charge in [0.05, 0.1) is 0 Å². The minimum Gasteiger partial charge on any atom is -0.0875 e. The Kier molecular flexibility index (Phi) is 4.99. The predicted molar refractivity (Wildman–Crippen MR) is 77.5 cm³/mol. The van der Waals surface area contributed by atoms with Crippen LogP contribution in [-0.4, -0.2) is 5.66 Å². The number of benzene rings is 1. The van der Waals surface area contributed by atoms with Gasteiger partial charge in [0.25, 0.3) is 0 Å². The average Bonchev–Trinajstić information content (AvgIpc) is 2.17. The molecule has 1 heteroatoms. The van der Waals surface area contributed by atoms with Gasteiger partial charge in [-0.25, -0.2) is 0 Å². The first-order valence-electron chi connectivity index (χ1n) is 6.30. The summed E-state index contributed by atoms with van der Waals surface area (Å²) in [7, 11) is 0.965. The molecule has 0 saturated carbocycles. The molecule has 0 aliphatic rings. The molecule has 0 aliphatic carbocycles. The molecule has 2 atom stereocenters. The zero-order valence-corrected chi connectivity index (χ0v) is 12.3. The van der Waals surface area contributed by atoms with E-state index in [1.807, 2.05) is 0 Å². The van der Waals surface area contributed by atoms with E-state index in [1.165, 1.54) is 23.7 Å². The van der Waals surface area contributed by atoms with E-state index in [1.54, 1.807) is 0 Å². The molecule has 1 rings (SSSR count). The van der Waals surface area contributed by atoms with E-state index in [9.17, 15) is 0 Å². The Morgan fingerprint density at radius 3 is 2.12 bits per heavy atom. The van der Waals surface area contributed by atoms with Gasteiger partial charge in [-0.2, -0.15) is 0 Å². The van der Waals surface area contributed by atoms with Gasteiger partial charge < -0.3 is 0 Å². The van der Waals surface area contributed by atoms with Crippen molar-refractivity contribution in [2.75, 3.05) is 0 Å². The third-order valence-electron chi connectivity index (χ3n) is 2.89. The topological polar surface area (TPSA) is 0 Å². The second kappa shape index (κ2) is 5.82. The van der Waals surface area contributed by atoms with Gasteiger partial charge in [-0.05, 0) is 28.4 Å². The fraction of sp³-hybridized carbons (Fsp3) is 0.600. The summed E-state index contributed by atoms with van der Waals surface area (Å²) in [6, 6.07) is 9.21. The lowest BCUT2D eigenvalue weighted by Gasteiger charge is -2.19. The smallest absolute Gasteiger partial charge is 0.0132 e. The molecule has 0 radical (unpaired) electrons. The van der Waals surface area contributed by atoms with Gasteiger partial charge in [0.2, 0.25) is 0 Å². The second-order valence-electron chi connectivity index (χ2n) is 5.66. The summed E-state index contributed by atoms with van der Waals surface area (Å²) in [5, 5.41) is 1.51. The van der Waals surface area contributed by atoms with Gasteiger partial charge in [-0.1, -0.05) is 73.9 Å². The Hall–Kier alpha value is -0.350. The highest BCUT2D eigenvalue weighted by Gasteiger charge is 2.13. The minimum atomic E-state index is 0.274. The van der Waals surface area contributed by atoms with E-state index in [2.05, 4.69) is 58.9 Å². The molecule has 0 N–H and O–H groups in total. The highest BCUT2D eigenvalue weighted by molar-refractivity contribution is 7.47. The molecule has 2 unspecified atom stereocenters. The molecule has 90 valence electrons. The molecule has 1 aromatic rings. The van der Waals surface area contributed by atoms with E-state index in [-0.39, 0.29) is 5.41 Å². The monoisotopic (exact) mass is 236 g/mol. The third kappa shape index (κ3) is 4.26. The van der Waals surface area contributed by atoms with Crippen molar-refractivity contribution in [3.05, 3.63) is 29.8 Å². The third-order valence-corrected chi connectivity index (χ3v) is 4.33. The summed E-state index contributed by atoms with van der Waals surface area (Å²) in [6.45, 7) is 11.4. The summed E-state index contributed by atoms with van der Waals surface area (Å²) in [5.74, 6) is 0. The standard InChI is InChI=1S/C15H25P/c1-6-7-12(2)16-14-10-8-13(9-11-14)15(3,4)5/h8-12,16H,6-7H2,1-5H3. The summed E-state index contributed by atoms with van der Waals surface area (Å²) >= 11 is 0. The first kappa shape index (κ1) is 13.7. The van der Waals surface area contributed by atoms with Crippen molar-refractivity contribution in [3.63, 3.8) is 0 Å². The fourth-order valence-electron chi connectivity index (χ4n) is 1.86. The molecule has 0 amide bonds. The van der Waals surface area contributed by atoms with Crippen LogP contribution in [0.25, 0.3) is 0 Å². The maximum Gasteiger partial charge on any atom is -0.0132 e. The quantitative estimate of drug-likeness (QED) is 0.676. The molecule has 16 heavy (non-hydrogen) atoms. The molecule has 0 heterocycles. The van der Waals surface area contributed by atoms with Gasteiger partial charge >= 0.3 is 0 Å². The molecule has 0 fully saturated rings. The van der Waals surface area contributed by atoms with Crippen LogP contribution in [0.5, 0.6) is 0 Å². The SMILES string of the molecule is CCCC(C)Pc1ccc(C(C)(C)C)cc1. The van der Waals surface area contributed by atoms with Crippen LogP contribution in [0.4, 0.5) is 0 Å². The zero-order valence-electron chi connectivity index (χ0n) is 11.3. The average molecular weight is 236 g/mol. The van der Waals surface area contributed by atoms with E-state index in [0.717, 1.165) is 14.2 Å². The zero-order chi connectivity index (χ0) is 12.2. The van der Waals surface area contributed by atoms with Gasteiger partial charge in [-0.15, -0.1) is 0 Å². The lowest BCUT2D eigenvalue weighted by Crippen LogP contribution is -2.12. The Labute approximate surface area is 103 Å². The Bertz CT molecular complexity index is 305. The maximum atomic E-state index is 2.36. The Morgan fingerprint density at radius 2 is 1.69 bits per heavy atom. The molecule has 0 saturated heterocycles. The second-order valence-corrected chi connectivity index (χ2v) is 7.51. The van der Waals surface area contributed by atoms with E-state index in [4.69, 9.17) is 0 Å². The van der Waals surface area contributed by atoms with E-state index >= 15 is 0 Å². The van der Waals surface area contributed by atoms with Gasteiger partial charge in [0, 0.05) is 0 Å². The summed E-state index contributed by atoms with van der Waals surface area (Å²) in [4.78, 5) is 0. The van der Waals surface area contributed by atoms with Crippen molar-refractivity contribution in [2.24, 2.45) is 0 Å². The van der Waals surface area contributed by atoms with E-state index < -0.39 is 0 Å². The molecule has 1 aromatic carbocycles. The lowest BCUT2D eigenvalue weighted by atomic mass is 9.87. The molecule has 0 nitrogen and oxygen atoms in total. The molecular formula is C15H25P. The summed E-state index contributed by atoms with van der Waals surface area (Å²) < 4.78 is 0. The highest BCUT2D eigenvalue weighted by atomic mass is 31.1. The van der Waals surface area contributed by atoms with Gasteiger partial charge in [-0.3, -0.25) is 0 Å². The summed E-state index contributed by atoms with van der Waals surface area (Å²) in [6.07, 6.45) is 2.65. The normalized spacial score (nSPS) is 14.6. The van der Waals surface area contributed by atoms with E-state index in [0.29, 0.717) is 0 Å². The maximum absolute atomic E-state index is 2.36. The molecule has 0 spiro atoms. The van der Waals surface area contributed by atoms with Crippen molar-refractivity contribution in [2.45, 2.75) is 58.5 Å². The molecule has 0 bridgehead atoms. The van der Waals surface area contributed by atoms with Crippen LogP contribution in [0.2, 0.25) is 0 Å². The van der Waals surface area contributed by atoms with Gasteiger partial charge in [0.1, 0.15) is 0 Å². The first-order valence-corrected chi connectivity index (χ1v) is 7.38. The predicted octanol–water partition coefficient (Wildman–Crippen LogP) is 4.48. The van der Waals surface area contributed by atoms with Crippen LogP contribution in [0.3, 0.4) is 0 Å². The van der Waals surface area contributed by atoms with Crippen molar-refractivity contribution < 1.29 is 0 Å². The molecule has 0 aromatic heterocycles. The van der Waals surface area contributed by atoms with Crippen molar-refractivity contribution in [3.8, 4) is 0 Å². The Morgan fingerprint density at radius 1 is 1.12 bits per heavy atom. The summed E-state index contributed by atoms with van der Waals surface area (Å²) in [5.41, 5.74) is 2.55. The lowest BCUT2D eigenvalue weighted by molar-refractivity contribution is 0.590. The first-order chi connectivity index (χ1) is 7.43. The van der Waals surface area contributed by atoms with Crippen molar-refractivity contribution >= 4 is 13.9 Å².